The first kappa shape index (κ1) is 11.9. The Kier molecular flexibility index (Phi) is 3.15. The number of aromatic nitrogens is 3. The van der Waals surface area contributed by atoms with Crippen LogP contribution < -0.4 is 10.6 Å². The summed E-state index contributed by atoms with van der Waals surface area (Å²) < 4.78 is 0. The van der Waals surface area contributed by atoms with Crippen molar-refractivity contribution in [3.63, 3.8) is 0 Å². The predicted molar refractivity (Wildman–Crippen MR) is 69.4 cm³/mol. The van der Waals surface area contributed by atoms with Gasteiger partial charge in [0, 0.05) is 18.5 Å². The van der Waals surface area contributed by atoms with E-state index in [0.29, 0.717) is 11.6 Å². The molecule has 0 aliphatic heterocycles. The van der Waals surface area contributed by atoms with Gasteiger partial charge in [0.25, 0.3) is 0 Å². The maximum Gasteiger partial charge on any atom is 0.135 e. The molecule has 18 heavy (non-hydrogen) atoms. The Morgan fingerprint density at radius 1 is 1.33 bits per heavy atom. The second kappa shape index (κ2) is 4.75. The zero-order valence-electron chi connectivity index (χ0n) is 10.2. The predicted octanol–water partition coefficient (Wildman–Crippen LogP) is 2.26. The van der Waals surface area contributed by atoms with Crippen LogP contribution in [0.2, 0.25) is 0 Å². The Bertz CT molecular complexity index is 552. The second-order valence-electron chi connectivity index (χ2n) is 4.37. The third-order valence-electron chi connectivity index (χ3n) is 2.26. The van der Waals surface area contributed by atoms with Gasteiger partial charge >= 0.3 is 0 Å². The molecule has 0 aliphatic carbocycles. The van der Waals surface area contributed by atoms with E-state index in [9.17, 15) is 0 Å². The van der Waals surface area contributed by atoms with Crippen molar-refractivity contribution in [3.05, 3.63) is 30.9 Å². The molecule has 0 saturated heterocycles. The van der Waals surface area contributed by atoms with Crippen LogP contribution in [-0.2, 0) is 0 Å². The molecule has 3 N–H and O–H groups in total. The first-order valence-corrected chi connectivity index (χ1v) is 5.50. The Hall–Kier alpha value is -2.55. The van der Waals surface area contributed by atoms with Gasteiger partial charge in [-0.3, -0.25) is 0 Å². The number of nitriles is 1. The standard InChI is InChI=1S/C12H14N6/c1-12(2,7-13)18-11-5-10(15-8-16-11)17-9-3-4-14-6-9/h3-6,8,14H,1-2H3,(H2,15,16,17,18). The Morgan fingerprint density at radius 3 is 2.78 bits per heavy atom. The normalized spacial score (nSPS) is 10.7. The van der Waals surface area contributed by atoms with E-state index in [1.165, 1.54) is 6.33 Å². The number of rotatable bonds is 4. The van der Waals surface area contributed by atoms with Crippen molar-refractivity contribution in [2.24, 2.45) is 0 Å². The molecule has 0 bridgehead atoms. The van der Waals surface area contributed by atoms with Crippen LogP contribution in [0.1, 0.15) is 13.8 Å². The van der Waals surface area contributed by atoms with Gasteiger partial charge in [-0.25, -0.2) is 9.97 Å². The third kappa shape index (κ3) is 2.98. The van der Waals surface area contributed by atoms with Gasteiger partial charge in [-0.05, 0) is 19.9 Å². The minimum atomic E-state index is -0.667. The average molecular weight is 242 g/mol. The molecule has 2 aromatic heterocycles. The van der Waals surface area contributed by atoms with Crippen LogP contribution in [0.15, 0.2) is 30.9 Å². The highest BCUT2D eigenvalue weighted by molar-refractivity contribution is 5.58. The summed E-state index contributed by atoms with van der Waals surface area (Å²) >= 11 is 0. The van der Waals surface area contributed by atoms with Crippen LogP contribution in [0.4, 0.5) is 17.3 Å². The van der Waals surface area contributed by atoms with Gasteiger partial charge in [0.15, 0.2) is 0 Å². The third-order valence-corrected chi connectivity index (χ3v) is 2.26. The fourth-order valence-corrected chi connectivity index (χ4v) is 1.39. The number of H-pyrrole nitrogens is 1. The maximum absolute atomic E-state index is 8.96. The molecule has 0 aliphatic rings. The van der Waals surface area contributed by atoms with Crippen molar-refractivity contribution in [1.29, 1.82) is 5.26 Å². The first-order chi connectivity index (χ1) is 8.59. The number of anilines is 3. The van der Waals surface area contributed by atoms with Crippen LogP contribution >= 0.6 is 0 Å². The molecule has 2 aromatic rings. The summed E-state index contributed by atoms with van der Waals surface area (Å²) in [5, 5.41) is 15.1. The molecule has 0 radical (unpaired) electrons. The molecular weight excluding hydrogens is 228 g/mol. The van der Waals surface area contributed by atoms with E-state index < -0.39 is 5.54 Å². The molecule has 2 rings (SSSR count). The zero-order valence-corrected chi connectivity index (χ0v) is 10.2. The molecule has 6 nitrogen and oxygen atoms in total. The molecule has 0 saturated carbocycles. The number of hydrogen-bond acceptors (Lipinski definition) is 5. The van der Waals surface area contributed by atoms with Gasteiger partial charge in [0.1, 0.15) is 23.5 Å². The minimum Gasteiger partial charge on any atom is -0.366 e. The van der Waals surface area contributed by atoms with Crippen molar-refractivity contribution in [1.82, 2.24) is 15.0 Å². The van der Waals surface area contributed by atoms with E-state index in [2.05, 4.69) is 31.7 Å². The first-order valence-electron chi connectivity index (χ1n) is 5.50. The Morgan fingerprint density at radius 2 is 2.11 bits per heavy atom. The van der Waals surface area contributed by atoms with Crippen LogP contribution in [0.5, 0.6) is 0 Å². The van der Waals surface area contributed by atoms with E-state index in [4.69, 9.17) is 5.26 Å². The maximum atomic E-state index is 8.96. The fourth-order valence-electron chi connectivity index (χ4n) is 1.39. The number of nitrogens with zero attached hydrogens (tertiary/aromatic N) is 3. The lowest BCUT2D eigenvalue weighted by molar-refractivity contribution is 0.723. The molecule has 0 spiro atoms. The Labute approximate surface area is 105 Å². The summed E-state index contributed by atoms with van der Waals surface area (Å²) in [6.45, 7) is 3.57. The van der Waals surface area contributed by atoms with Gasteiger partial charge < -0.3 is 15.6 Å². The van der Waals surface area contributed by atoms with Gasteiger partial charge in [0.05, 0.1) is 11.8 Å². The van der Waals surface area contributed by atoms with Crippen LogP contribution in [0, 0.1) is 11.3 Å². The van der Waals surface area contributed by atoms with Crippen LogP contribution in [-0.4, -0.2) is 20.5 Å². The number of hydrogen-bond donors (Lipinski definition) is 3. The van der Waals surface area contributed by atoms with Gasteiger partial charge in [-0.15, -0.1) is 0 Å². The van der Waals surface area contributed by atoms with E-state index in [1.807, 2.05) is 18.5 Å². The zero-order chi connectivity index (χ0) is 13.0. The molecule has 0 atom stereocenters. The highest BCUT2D eigenvalue weighted by atomic mass is 15.1. The smallest absolute Gasteiger partial charge is 0.135 e. The monoisotopic (exact) mass is 242 g/mol. The number of aromatic amines is 1. The van der Waals surface area contributed by atoms with Crippen molar-refractivity contribution in [2.75, 3.05) is 10.6 Å². The lowest BCUT2D eigenvalue weighted by Gasteiger charge is -2.18. The van der Waals surface area contributed by atoms with E-state index >= 15 is 0 Å². The molecule has 2 heterocycles. The second-order valence-corrected chi connectivity index (χ2v) is 4.37. The van der Waals surface area contributed by atoms with E-state index in [-0.39, 0.29) is 0 Å². The molecule has 0 unspecified atom stereocenters. The molecule has 6 heteroatoms. The quantitative estimate of drug-likeness (QED) is 0.765. The summed E-state index contributed by atoms with van der Waals surface area (Å²) in [7, 11) is 0. The SMILES string of the molecule is CC(C)(C#N)Nc1cc(Nc2cc[nH]c2)ncn1. The summed E-state index contributed by atoms with van der Waals surface area (Å²) in [5.41, 5.74) is 0.249. The molecule has 0 fully saturated rings. The summed E-state index contributed by atoms with van der Waals surface area (Å²) in [6, 6.07) is 5.81. The van der Waals surface area contributed by atoms with Crippen molar-refractivity contribution in [2.45, 2.75) is 19.4 Å². The van der Waals surface area contributed by atoms with Crippen molar-refractivity contribution >= 4 is 17.3 Å². The van der Waals surface area contributed by atoms with Crippen LogP contribution in [0.25, 0.3) is 0 Å². The molecule has 0 aromatic carbocycles. The average Bonchev–Trinajstić information content (AvgIpc) is 2.82. The van der Waals surface area contributed by atoms with Gasteiger partial charge in [-0.2, -0.15) is 5.26 Å². The van der Waals surface area contributed by atoms with Crippen LogP contribution in [0.3, 0.4) is 0 Å². The lowest BCUT2D eigenvalue weighted by atomic mass is 10.1. The summed E-state index contributed by atoms with van der Waals surface area (Å²) in [6.07, 6.45) is 5.10. The largest absolute Gasteiger partial charge is 0.366 e. The topological polar surface area (TPSA) is 89.4 Å². The number of nitrogens with one attached hydrogen (secondary N) is 3. The van der Waals surface area contributed by atoms with E-state index in [0.717, 1.165) is 5.69 Å². The molecular formula is C12H14N6. The highest BCUT2D eigenvalue weighted by Gasteiger charge is 2.16. The summed E-state index contributed by atoms with van der Waals surface area (Å²) in [4.78, 5) is 11.1. The molecule has 0 amide bonds. The van der Waals surface area contributed by atoms with Crippen molar-refractivity contribution in [3.8, 4) is 6.07 Å². The Balaban J connectivity index is 2.13. The lowest BCUT2D eigenvalue weighted by Crippen LogP contribution is -2.28. The molecule has 92 valence electrons. The van der Waals surface area contributed by atoms with E-state index in [1.54, 1.807) is 19.9 Å². The fraction of sp³-hybridized carbons (Fsp3) is 0.250. The van der Waals surface area contributed by atoms with Crippen molar-refractivity contribution < 1.29 is 0 Å². The van der Waals surface area contributed by atoms with Gasteiger partial charge in [-0.1, -0.05) is 0 Å². The summed E-state index contributed by atoms with van der Waals surface area (Å²) in [5.74, 6) is 1.27. The van der Waals surface area contributed by atoms with Gasteiger partial charge in [0.2, 0.25) is 0 Å². The highest BCUT2D eigenvalue weighted by Crippen LogP contribution is 2.17. The minimum absolute atomic E-state index is 0.606.